The number of furan rings is 1. The molecule has 23 heavy (non-hydrogen) atoms. The van der Waals surface area contributed by atoms with Gasteiger partial charge in [-0.1, -0.05) is 23.7 Å². The average Bonchev–Trinajstić information content (AvgIpc) is 3.10. The summed E-state index contributed by atoms with van der Waals surface area (Å²) in [4.78, 5) is 16.1. The van der Waals surface area contributed by atoms with Crippen LogP contribution in [0.4, 0.5) is 11.5 Å². The third-order valence-corrected chi connectivity index (χ3v) is 3.41. The van der Waals surface area contributed by atoms with E-state index < -0.39 is 0 Å². The minimum absolute atomic E-state index is 0.259. The Morgan fingerprint density at radius 3 is 2.61 bits per heavy atom. The van der Waals surface area contributed by atoms with Crippen LogP contribution in [-0.4, -0.2) is 10.9 Å². The van der Waals surface area contributed by atoms with Gasteiger partial charge in [0.15, 0.2) is 5.76 Å². The number of nitrogens with one attached hydrogen (secondary N) is 2. The minimum atomic E-state index is -0.307. The van der Waals surface area contributed by atoms with E-state index in [0.29, 0.717) is 17.3 Å². The monoisotopic (exact) mass is 327 g/mol. The summed E-state index contributed by atoms with van der Waals surface area (Å²) in [6, 6.07) is 14.4. The lowest BCUT2D eigenvalue weighted by Gasteiger charge is -2.07. The van der Waals surface area contributed by atoms with E-state index in [2.05, 4.69) is 15.6 Å². The van der Waals surface area contributed by atoms with Crippen LogP contribution < -0.4 is 10.6 Å². The van der Waals surface area contributed by atoms with Crippen LogP contribution in [0.15, 0.2) is 65.4 Å². The van der Waals surface area contributed by atoms with Gasteiger partial charge < -0.3 is 15.1 Å². The van der Waals surface area contributed by atoms with Crippen LogP contribution in [0.3, 0.4) is 0 Å². The van der Waals surface area contributed by atoms with Gasteiger partial charge >= 0.3 is 0 Å². The van der Waals surface area contributed by atoms with Gasteiger partial charge in [-0.2, -0.15) is 0 Å². The molecular weight excluding hydrogens is 314 g/mol. The first-order valence-corrected chi connectivity index (χ1v) is 7.38. The molecule has 0 saturated heterocycles. The van der Waals surface area contributed by atoms with E-state index in [4.69, 9.17) is 16.0 Å². The molecule has 3 aromatic rings. The van der Waals surface area contributed by atoms with Crippen molar-refractivity contribution < 1.29 is 9.21 Å². The lowest BCUT2D eigenvalue weighted by atomic mass is 10.2. The summed E-state index contributed by atoms with van der Waals surface area (Å²) in [6.45, 7) is 0.641. The van der Waals surface area contributed by atoms with E-state index in [1.165, 1.54) is 6.26 Å². The summed E-state index contributed by atoms with van der Waals surface area (Å²) in [5.41, 5.74) is 1.70. The second-order valence-corrected chi connectivity index (χ2v) is 5.28. The highest BCUT2D eigenvalue weighted by molar-refractivity contribution is 6.30. The molecule has 1 aromatic carbocycles. The number of halogens is 1. The zero-order valence-electron chi connectivity index (χ0n) is 12.1. The molecule has 0 atom stereocenters. The van der Waals surface area contributed by atoms with Gasteiger partial charge in [-0.25, -0.2) is 4.98 Å². The molecule has 5 nitrogen and oxygen atoms in total. The largest absolute Gasteiger partial charge is 0.459 e. The molecular formula is C17H14ClN3O2. The molecule has 0 aliphatic heterocycles. The van der Waals surface area contributed by atoms with E-state index in [1.54, 1.807) is 30.5 Å². The molecule has 0 saturated carbocycles. The lowest BCUT2D eigenvalue weighted by Crippen LogP contribution is -2.11. The van der Waals surface area contributed by atoms with Gasteiger partial charge in [-0.05, 0) is 42.0 Å². The lowest BCUT2D eigenvalue weighted by molar-refractivity contribution is 0.0996. The molecule has 6 heteroatoms. The number of aromatic nitrogens is 1. The highest BCUT2D eigenvalue weighted by Crippen LogP contribution is 2.14. The van der Waals surface area contributed by atoms with Gasteiger partial charge in [-0.15, -0.1) is 0 Å². The van der Waals surface area contributed by atoms with Gasteiger partial charge in [0.05, 0.1) is 18.1 Å². The average molecular weight is 328 g/mol. The Bertz CT molecular complexity index is 769. The Labute approximate surface area is 138 Å². The van der Waals surface area contributed by atoms with E-state index in [0.717, 1.165) is 11.4 Å². The van der Waals surface area contributed by atoms with Gasteiger partial charge in [0.25, 0.3) is 5.91 Å². The summed E-state index contributed by atoms with van der Waals surface area (Å²) in [7, 11) is 0. The molecule has 116 valence electrons. The summed E-state index contributed by atoms with van der Waals surface area (Å²) in [5.74, 6) is 0.671. The Balaban J connectivity index is 1.56. The number of amides is 1. The highest BCUT2D eigenvalue weighted by atomic mass is 35.5. The maximum absolute atomic E-state index is 11.8. The van der Waals surface area contributed by atoms with Crippen molar-refractivity contribution in [2.24, 2.45) is 0 Å². The van der Waals surface area contributed by atoms with Crippen molar-refractivity contribution in [3.63, 3.8) is 0 Å². The van der Waals surface area contributed by atoms with Gasteiger partial charge in [0.2, 0.25) is 0 Å². The van der Waals surface area contributed by atoms with Gasteiger partial charge in [-0.3, -0.25) is 4.79 Å². The second-order valence-electron chi connectivity index (χ2n) is 4.84. The molecule has 0 bridgehead atoms. The Hall–Kier alpha value is -2.79. The highest BCUT2D eigenvalue weighted by Gasteiger charge is 2.08. The van der Waals surface area contributed by atoms with Crippen molar-refractivity contribution >= 4 is 29.0 Å². The fourth-order valence-corrected chi connectivity index (χ4v) is 2.09. The zero-order chi connectivity index (χ0) is 16.1. The topological polar surface area (TPSA) is 67.2 Å². The molecule has 0 fully saturated rings. The van der Waals surface area contributed by atoms with Crippen molar-refractivity contribution in [2.45, 2.75) is 6.54 Å². The van der Waals surface area contributed by atoms with E-state index in [9.17, 15) is 4.79 Å². The van der Waals surface area contributed by atoms with E-state index in [1.807, 2.05) is 24.3 Å². The van der Waals surface area contributed by atoms with Crippen LogP contribution in [0.1, 0.15) is 16.1 Å². The molecule has 0 spiro atoms. The van der Waals surface area contributed by atoms with Crippen LogP contribution in [0.5, 0.6) is 0 Å². The third kappa shape index (κ3) is 4.11. The summed E-state index contributed by atoms with van der Waals surface area (Å²) < 4.78 is 5.03. The number of anilines is 2. The van der Waals surface area contributed by atoms with Crippen molar-refractivity contribution in [3.8, 4) is 0 Å². The Kier molecular flexibility index (Phi) is 4.59. The normalized spacial score (nSPS) is 10.3. The SMILES string of the molecule is O=C(Nc1ccc(NCc2ccc(Cl)cc2)nc1)c1ccco1. The van der Waals surface area contributed by atoms with Gasteiger partial charge in [0.1, 0.15) is 5.82 Å². The summed E-state index contributed by atoms with van der Waals surface area (Å²) in [5, 5.41) is 6.63. The number of carbonyl (C=O) groups is 1. The molecule has 0 aliphatic rings. The molecule has 2 N–H and O–H groups in total. The number of hydrogen-bond donors (Lipinski definition) is 2. The molecule has 0 radical (unpaired) electrons. The van der Waals surface area contributed by atoms with Crippen LogP contribution in [0, 0.1) is 0 Å². The first kappa shape index (κ1) is 15.1. The second kappa shape index (κ2) is 6.98. The Morgan fingerprint density at radius 1 is 1.13 bits per heavy atom. The minimum Gasteiger partial charge on any atom is -0.459 e. The first-order valence-electron chi connectivity index (χ1n) is 7.00. The molecule has 2 heterocycles. The van der Waals surface area contributed by atoms with Crippen LogP contribution in [0.25, 0.3) is 0 Å². The molecule has 2 aromatic heterocycles. The van der Waals surface area contributed by atoms with E-state index >= 15 is 0 Å². The van der Waals surface area contributed by atoms with Crippen LogP contribution >= 0.6 is 11.6 Å². The number of benzene rings is 1. The Morgan fingerprint density at radius 2 is 1.96 bits per heavy atom. The van der Waals surface area contributed by atoms with E-state index in [-0.39, 0.29) is 11.7 Å². The molecule has 0 aliphatic carbocycles. The van der Waals surface area contributed by atoms with Crippen LogP contribution in [0.2, 0.25) is 5.02 Å². The molecule has 1 amide bonds. The quantitative estimate of drug-likeness (QED) is 0.737. The maximum Gasteiger partial charge on any atom is 0.291 e. The fourth-order valence-electron chi connectivity index (χ4n) is 1.97. The van der Waals surface area contributed by atoms with Crippen molar-refractivity contribution in [1.82, 2.24) is 4.98 Å². The smallest absolute Gasteiger partial charge is 0.291 e. The predicted molar refractivity (Wildman–Crippen MR) is 89.7 cm³/mol. The summed E-state index contributed by atoms with van der Waals surface area (Å²) >= 11 is 5.85. The van der Waals surface area contributed by atoms with Crippen molar-refractivity contribution in [2.75, 3.05) is 10.6 Å². The fraction of sp³-hybridized carbons (Fsp3) is 0.0588. The molecule has 3 rings (SSSR count). The first-order chi connectivity index (χ1) is 11.2. The van der Waals surface area contributed by atoms with Gasteiger partial charge in [0, 0.05) is 11.6 Å². The zero-order valence-corrected chi connectivity index (χ0v) is 12.9. The number of nitrogens with zero attached hydrogens (tertiary/aromatic N) is 1. The summed E-state index contributed by atoms with van der Waals surface area (Å²) in [6.07, 6.45) is 3.04. The van der Waals surface area contributed by atoms with Crippen molar-refractivity contribution in [3.05, 3.63) is 77.3 Å². The molecule has 0 unspecified atom stereocenters. The third-order valence-electron chi connectivity index (χ3n) is 3.15. The van der Waals surface area contributed by atoms with Crippen molar-refractivity contribution in [1.29, 1.82) is 0 Å². The van der Waals surface area contributed by atoms with Crippen LogP contribution in [-0.2, 0) is 6.54 Å². The number of pyridine rings is 1. The number of hydrogen-bond acceptors (Lipinski definition) is 4. The predicted octanol–water partition coefficient (Wildman–Crippen LogP) is 4.19. The maximum atomic E-state index is 11.8. The number of rotatable bonds is 5. The standard InChI is InChI=1S/C17H14ClN3O2/c18-13-5-3-12(4-6-13)10-19-16-8-7-14(11-20-16)21-17(22)15-2-1-9-23-15/h1-9,11H,10H2,(H,19,20)(H,21,22). The number of carbonyl (C=O) groups excluding carboxylic acids is 1.